The minimum Gasteiger partial charge on any atom is -0.480 e. The number of amides is 1. The Hall–Kier alpha value is -1.37. The van der Waals surface area contributed by atoms with E-state index in [2.05, 4.69) is 0 Å². The Morgan fingerprint density at radius 2 is 1.94 bits per heavy atom. The number of carboxylic acids is 1. The molecule has 0 bridgehead atoms. The molecule has 18 heavy (non-hydrogen) atoms. The van der Waals surface area contributed by atoms with Gasteiger partial charge in [0, 0.05) is 7.11 Å². The van der Waals surface area contributed by atoms with Gasteiger partial charge in [-0.25, -0.2) is 14.0 Å². The molecule has 6 nitrogen and oxygen atoms in total. The molecule has 0 aromatic rings. The number of hydrogen-bond donors (Lipinski definition) is 1. The Morgan fingerprint density at radius 1 is 1.39 bits per heavy atom. The number of halogens is 1. The van der Waals surface area contributed by atoms with Gasteiger partial charge < -0.3 is 14.6 Å². The van der Waals surface area contributed by atoms with Crippen molar-refractivity contribution in [2.24, 2.45) is 0 Å². The number of ether oxygens (including phenoxy) is 2. The molecule has 0 aromatic carbocycles. The van der Waals surface area contributed by atoms with Crippen LogP contribution in [0.4, 0.5) is 9.18 Å². The molecule has 104 valence electrons. The molecule has 1 aliphatic heterocycles. The van der Waals surface area contributed by atoms with Crippen LogP contribution in [0, 0.1) is 0 Å². The van der Waals surface area contributed by atoms with E-state index in [1.165, 1.54) is 7.11 Å². The maximum Gasteiger partial charge on any atom is 0.411 e. The molecule has 1 amide bonds. The number of carbonyl (C=O) groups is 2. The SMILES string of the molecule is COC1C(F)CN(C(=O)OC(C)(C)C)C1C(=O)O. The monoisotopic (exact) mass is 263 g/mol. The molecule has 1 N–H and O–H groups in total. The number of rotatable bonds is 2. The van der Waals surface area contributed by atoms with Crippen LogP contribution in [0.25, 0.3) is 0 Å². The van der Waals surface area contributed by atoms with Crippen LogP contribution in [0.1, 0.15) is 20.8 Å². The van der Waals surface area contributed by atoms with Gasteiger partial charge in [0.15, 0.2) is 6.04 Å². The molecule has 3 atom stereocenters. The standard InChI is InChI=1S/C11H18FNO5/c1-11(2,3)18-10(16)13-5-6(12)8(17-4)7(13)9(14)15/h6-8H,5H2,1-4H3,(H,14,15). The summed E-state index contributed by atoms with van der Waals surface area (Å²) in [6.45, 7) is 4.61. The fraction of sp³-hybridized carbons (Fsp3) is 0.818. The minimum atomic E-state index is -1.54. The second-order valence-corrected chi connectivity index (χ2v) is 5.13. The lowest BCUT2D eigenvalue weighted by atomic mass is 10.1. The summed E-state index contributed by atoms with van der Waals surface area (Å²) in [5.74, 6) is -1.31. The molecular weight excluding hydrogens is 245 g/mol. The maximum atomic E-state index is 13.6. The predicted octanol–water partition coefficient (Wildman–Crippen LogP) is 1.04. The molecule has 0 spiro atoms. The Balaban J connectivity index is 2.87. The second-order valence-electron chi connectivity index (χ2n) is 5.13. The molecule has 1 saturated heterocycles. The number of likely N-dealkylation sites (tertiary alicyclic amines) is 1. The van der Waals surface area contributed by atoms with E-state index in [4.69, 9.17) is 14.6 Å². The van der Waals surface area contributed by atoms with Crippen LogP contribution in [-0.4, -0.2) is 59.6 Å². The van der Waals surface area contributed by atoms with E-state index in [-0.39, 0.29) is 6.54 Å². The van der Waals surface area contributed by atoms with Gasteiger partial charge in [-0.15, -0.1) is 0 Å². The minimum absolute atomic E-state index is 0.343. The zero-order chi connectivity index (χ0) is 14.1. The van der Waals surface area contributed by atoms with Crippen molar-refractivity contribution in [3.63, 3.8) is 0 Å². The van der Waals surface area contributed by atoms with E-state index in [1.807, 2.05) is 0 Å². The summed E-state index contributed by atoms with van der Waals surface area (Å²) in [5, 5.41) is 9.05. The number of alkyl halides is 1. The van der Waals surface area contributed by atoms with Gasteiger partial charge >= 0.3 is 12.1 Å². The molecule has 1 aliphatic rings. The number of carboxylic acid groups (broad SMARTS) is 1. The fourth-order valence-electron chi connectivity index (χ4n) is 1.84. The molecule has 0 saturated carbocycles. The molecule has 1 rings (SSSR count). The number of carbonyl (C=O) groups excluding carboxylic acids is 1. The Bertz CT molecular complexity index is 341. The predicted molar refractivity (Wildman–Crippen MR) is 60.1 cm³/mol. The van der Waals surface area contributed by atoms with E-state index in [1.54, 1.807) is 20.8 Å². The summed E-state index contributed by atoms with van der Waals surface area (Å²) in [5.41, 5.74) is -0.767. The van der Waals surface area contributed by atoms with Gasteiger partial charge in [0.2, 0.25) is 0 Å². The van der Waals surface area contributed by atoms with E-state index in [9.17, 15) is 14.0 Å². The quantitative estimate of drug-likeness (QED) is 0.805. The lowest BCUT2D eigenvalue weighted by Gasteiger charge is -2.27. The molecule has 1 heterocycles. The molecule has 7 heteroatoms. The topological polar surface area (TPSA) is 76.1 Å². The van der Waals surface area contributed by atoms with Gasteiger partial charge in [-0.05, 0) is 20.8 Å². The third-order valence-corrected chi connectivity index (χ3v) is 2.53. The average Bonchev–Trinajstić information content (AvgIpc) is 2.52. The van der Waals surface area contributed by atoms with E-state index < -0.39 is 36.0 Å². The number of methoxy groups -OCH3 is 1. The van der Waals surface area contributed by atoms with Crippen molar-refractivity contribution in [3.8, 4) is 0 Å². The Morgan fingerprint density at radius 3 is 2.33 bits per heavy atom. The largest absolute Gasteiger partial charge is 0.480 e. The van der Waals surface area contributed by atoms with Crippen molar-refractivity contribution in [2.45, 2.75) is 44.7 Å². The van der Waals surface area contributed by atoms with Crippen molar-refractivity contribution in [2.75, 3.05) is 13.7 Å². The number of hydrogen-bond acceptors (Lipinski definition) is 4. The molecule has 0 aromatic heterocycles. The van der Waals surface area contributed by atoms with Crippen molar-refractivity contribution < 1.29 is 28.6 Å². The van der Waals surface area contributed by atoms with Gasteiger partial charge in [0.05, 0.1) is 6.54 Å². The fourth-order valence-corrected chi connectivity index (χ4v) is 1.84. The zero-order valence-corrected chi connectivity index (χ0v) is 10.8. The first-order chi connectivity index (χ1) is 8.17. The second kappa shape index (κ2) is 5.09. The van der Waals surface area contributed by atoms with Crippen LogP contribution in [0.3, 0.4) is 0 Å². The molecule has 1 fully saturated rings. The maximum absolute atomic E-state index is 13.6. The number of aliphatic carboxylic acids is 1. The van der Waals surface area contributed by atoms with E-state index >= 15 is 0 Å². The third-order valence-electron chi connectivity index (χ3n) is 2.53. The summed E-state index contributed by atoms with van der Waals surface area (Å²) in [7, 11) is 1.21. The van der Waals surface area contributed by atoms with Crippen molar-refractivity contribution >= 4 is 12.1 Å². The molecular formula is C11H18FNO5. The van der Waals surface area contributed by atoms with Gasteiger partial charge in [0.25, 0.3) is 0 Å². The van der Waals surface area contributed by atoms with Gasteiger partial charge in [-0.3, -0.25) is 4.90 Å². The van der Waals surface area contributed by atoms with Crippen molar-refractivity contribution in [1.82, 2.24) is 4.90 Å². The summed E-state index contributed by atoms with van der Waals surface area (Å²) >= 11 is 0. The van der Waals surface area contributed by atoms with Crippen LogP contribution >= 0.6 is 0 Å². The third kappa shape index (κ3) is 3.10. The van der Waals surface area contributed by atoms with Gasteiger partial charge in [-0.1, -0.05) is 0 Å². The van der Waals surface area contributed by atoms with Crippen LogP contribution in [0.5, 0.6) is 0 Å². The Labute approximate surface area is 105 Å². The van der Waals surface area contributed by atoms with Crippen LogP contribution in [-0.2, 0) is 14.3 Å². The Kier molecular flexibility index (Phi) is 4.16. The first-order valence-corrected chi connectivity index (χ1v) is 5.56. The smallest absolute Gasteiger partial charge is 0.411 e. The van der Waals surface area contributed by atoms with Crippen LogP contribution < -0.4 is 0 Å². The van der Waals surface area contributed by atoms with Crippen LogP contribution in [0.2, 0.25) is 0 Å². The summed E-state index contributed by atoms with van der Waals surface area (Å²) < 4.78 is 23.5. The normalized spacial score (nSPS) is 28.3. The number of nitrogens with zero attached hydrogens (tertiary/aromatic N) is 1. The van der Waals surface area contributed by atoms with Crippen LogP contribution in [0.15, 0.2) is 0 Å². The highest BCUT2D eigenvalue weighted by atomic mass is 19.1. The van der Waals surface area contributed by atoms with Crippen molar-refractivity contribution in [1.29, 1.82) is 0 Å². The zero-order valence-electron chi connectivity index (χ0n) is 10.8. The lowest BCUT2D eigenvalue weighted by molar-refractivity contribution is -0.146. The summed E-state index contributed by atoms with van der Waals surface area (Å²) in [6.07, 6.45) is -3.56. The van der Waals surface area contributed by atoms with Crippen molar-refractivity contribution in [3.05, 3.63) is 0 Å². The highest BCUT2D eigenvalue weighted by Gasteiger charge is 2.50. The van der Waals surface area contributed by atoms with E-state index in [0.717, 1.165) is 4.90 Å². The lowest BCUT2D eigenvalue weighted by Crippen LogP contribution is -2.47. The highest BCUT2D eigenvalue weighted by Crippen LogP contribution is 2.25. The summed E-state index contributed by atoms with van der Waals surface area (Å²) in [4.78, 5) is 23.8. The molecule has 0 radical (unpaired) electrons. The van der Waals surface area contributed by atoms with Gasteiger partial charge in [-0.2, -0.15) is 0 Å². The van der Waals surface area contributed by atoms with Gasteiger partial charge in [0.1, 0.15) is 17.9 Å². The highest BCUT2D eigenvalue weighted by molar-refractivity contribution is 5.82. The first kappa shape index (κ1) is 14.7. The molecule has 3 unspecified atom stereocenters. The summed E-state index contributed by atoms with van der Waals surface area (Å²) in [6, 6.07) is -1.36. The van der Waals surface area contributed by atoms with E-state index in [0.29, 0.717) is 0 Å². The first-order valence-electron chi connectivity index (χ1n) is 5.56. The average molecular weight is 263 g/mol. The molecule has 0 aliphatic carbocycles.